The Kier molecular flexibility index (Phi) is 5.32. The number of halogens is 2. The van der Waals surface area contributed by atoms with Crippen LogP contribution in [0.25, 0.3) is 0 Å². The summed E-state index contributed by atoms with van der Waals surface area (Å²) in [4.78, 5) is 2.30. The predicted octanol–water partition coefficient (Wildman–Crippen LogP) is 3.53. The van der Waals surface area contributed by atoms with E-state index in [2.05, 4.69) is 18.7 Å². The third-order valence-electron chi connectivity index (χ3n) is 4.30. The van der Waals surface area contributed by atoms with E-state index in [9.17, 15) is 5.11 Å². The molecule has 1 fully saturated rings. The highest BCUT2D eigenvalue weighted by molar-refractivity contribution is 6.42. The topological polar surface area (TPSA) is 32.7 Å². The van der Waals surface area contributed by atoms with Crippen LogP contribution in [0.3, 0.4) is 0 Å². The fraction of sp³-hybridized carbons (Fsp3) is 0.600. The van der Waals surface area contributed by atoms with E-state index in [1.54, 1.807) is 12.1 Å². The Bertz CT molecular complexity index is 463. The SMILES string of the molecule is CCC(C)(C(O)c1ccc(Cl)c(Cl)c1)N1CCOCC1. The normalized spacial score (nSPS) is 21.4. The van der Waals surface area contributed by atoms with Crippen LogP contribution in [-0.2, 0) is 4.74 Å². The molecule has 0 radical (unpaired) electrons. The van der Waals surface area contributed by atoms with Crippen molar-refractivity contribution in [2.24, 2.45) is 0 Å². The van der Waals surface area contributed by atoms with Crippen molar-refractivity contribution >= 4 is 23.2 Å². The Morgan fingerprint density at radius 1 is 1.30 bits per heavy atom. The summed E-state index contributed by atoms with van der Waals surface area (Å²) in [5, 5.41) is 11.8. The molecule has 1 aliphatic heterocycles. The average molecular weight is 318 g/mol. The minimum atomic E-state index is -0.611. The van der Waals surface area contributed by atoms with Crippen molar-refractivity contribution in [3.63, 3.8) is 0 Å². The van der Waals surface area contributed by atoms with Crippen molar-refractivity contribution in [1.29, 1.82) is 0 Å². The van der Waals surface area contributed by atoms with Crippen LogP contribution < -0.4 is 0 Å². The number of ether oxygens (including phenoxy) is 1. The van der Waals surface area contributed by atoms with Gasteiger partial charge in [-0.2, -0.15) is 0 Å². The molecule has 0 bridgehead atoms. The number of rotatable bonds is 4. The minimum absolute atomic E-state index is 0.332. The van der Waals surface area contributed by atoms with Gasteiger partial charge in [0.2, 0.25) is 0 Å². The largest absolute Gasteiger partial charge is 0.386 e. The smallest absolute Gasteiger partial charge is 0.0971 e. The number of nitrogens with zero attached hydrogens (tertiary/aromatic N) is 1. The maximum Gasteiger partial charge on any atom is 0.0971 e. The first kappa shape index (κ1) is 16.1. The van der Waals surface area contributed by atoms with Gasteiger partial charge in [0, 0.05) is 18.6 Å². The van der Waals surface area contributed by atoms with Gasteiger partial charge in [-0.05, 0) is 31.0 Å². The first-order valence-electron chi connectivity index (χ1n) is 6.95. The van der Waals surface area contributed by atoms with Gasteiger partial charge in [-0.3, -0.25) is 4.90 Å². The summed E-state index contributed by atoms with van der Waals surface area (Å²) in [5.41, 5.74) is 0.469. The van der Waals surface area contributed by atoms with Gasteiger partial charge >= 0.3 is 0 Å². The third kappa shape index (κ3) is 3.12. The zero-order chi connectivity index (χ0) is 14.8. The van der Waals surface area contributed by atoms with E-state index in [-0.39, 0.29) is 5.54 Å². The number of hydrogen-bond donors (Lipinski definition) is 1. The number of benzene rings is 1. The highest BCUT2D eigenvalue weighted by Gasteiger charge is 2.39. The molecule has 1 aromatic rings. The van der Waals surface area contributed by atoms with Crippen LogP contribution in [0.2, 0.25) is 10.0 Å². The molecule has 1 heterocycles. The van der Waals surface area contributed by atoms with Gasteiger partial charge in [0.05, 0.1) is 29.4 Å². The number of morpholine rings is 1. The van der Waals surface area contributed by atoms with Crippen LogP contribution in [-0.4, -0.2) is 41.8 Å². The standard InChI is InChI=1S/C15H21Cl2NO2/c1-3-15(2,18-6-8-20-9-7-18)14(19)11-4-5-12(16)13(17)10-11/h4-5,10,14,19H,3,6-9H2,1-2H3. The van der Waals surface area contributed by atoms with Crippen molar-refractivity contribution in [2.45, 2.75) is 31.9 Å². The molecule has 1 N–H and O–H groups in total. The minimum Gasteiger partial charge on any atom is -0.386 e. The second-order valence-corrected chi connectivity index (χ2v) is 6.20. The van der Waals surface area contributed by atoms with Gasteiger partial charge in [0.15, 0.2) is 0 Å². The molecular weight excluding hydrogens is 297 g/mol. The first-order valence-corrected chi connectivity index (χ1v) is 7.70. The zero-order valence-electron chi connectivity index (χ0n) is 11.9. The molecule has 0 aliphatic carbocycles. The Morgan fingerprint density at radius 2 is 1.95 bits per heavy atom. The lowest BCUT2D eigenvalue weighted by atomic mass is 9.85. The summed E-state index contributed by atoms with van der Waals surface area (Å²) in [6.45, 7) is 7.28. The molecule has 1 aliphatic rings. The monoisotopic (exact) mass is 317 g/mol. The second kappa shape index (κ2) is 6.63. The fourth-order valence-corrected chi connectivity index (χ4v) is 3.01. The van der Waals surface area contributed by atoms with Gasteiger partial charge < -0.3 is 9.84 Å². The van der Waals surface area contributed by atoms with E-state index in [1.165, 1.54) is 0 Å². The van der Waals surface area contributed by atoms with Crippen LogP contribution in [0.4, 0.5) is 0 Å². The van der Waals surface area contributed by atoms with E-state index in [0.717, 1.165) is 25.1 Å². The summed E-state index contributed by atoms with van der Waals surface area (Å²) in [5.74, 6) is 0. The van der Waals surface area contributed by atoms with Crippen LogP contribution in [0, 0.1) is 0 Å². The van der Waals surface area contributed by atoms with Gasteiger partial charge in [-0.1, -0.05) is 36.2 Å². The van der Waals surface area contributed by atoms with E-state index in [4.69, 9.17) is 27.9 Å². The summed E-state index contributed by atoms with van der Waals surface area (Å²) < 4.78 is 5.40. The van der Waals surface area contributed by atoms with E-state index >= 15 is 0 Å². The first-order chi connectivity index (χ1) is 9.49. The molecule has 0 saturated carbocycles. The molecule has 3 nitrogen and oxygen atoms in total. The highest BCUT2D eigenvalue weighted by Crippen LogP contribution is 2.36. The Hall–Kier alpha value is -0.320. The Balaban J connectivity index is 2.26. The van der Waals surface area contributed by atoms with Gasteiger partial charge in [-0.25, -0.2) is 0 Å². The molecule has 2 atom stereocenters. The van der Waals surface area contributed by atoms with Crippen LogP contribution in [0.5, 0.6) is 0 Å². The molecule has 1 saturated heterocycles. The zero-order valence-corrected chi connectivity index (χ0v) is 13.4. The maximum absolute atomic E-state index is 10.8. The van der Waals surface area contributed by atoms with E-state index in [1.807, 2.05) is 6.07 Å². The van der Waals surface area contributed by atoms with Crippen molar-refractivity contribution in [2.75, 3.05) is 26.3 Å². The van der Waals surface area contributed by atoms with Crippen molar-refractivity contribution in [1.82, 2.24) is 4.90 Å². The molecule has 20 heavy (non-hydrogen) atoms. The Labute approximate surface area is 130 Å². The highest BCUT2D eigenvalue weighted by atomic mass is 35.5. The van der Waals surface area contributed by atoms with Crippen LogP contribution in [0.15, 0.2) is 18.2 Å². The molecule has 1 aromatic carbocycles. The molecule has 2 rings (SSSR count). The lowest BCUT2D eigenvalue weighted by Crippen LogP contribution is -2.54. The van der Waals surface area contributed by atoms with Gasteiger partial charge in [0.25, 0.3) is 0 Å². The quantitative estimate of drug-likeness (QED) is 0.922. The summed E-state index contributed by atoms with van der Waals surface area (Å²) in [7, 11) is 0. The van der Waals surface area contributed by atoms with E-state index < -0.39 is 6.10 Å². The van der Waals surface area contributed by atoms with Gasteiger partial charge in [0.1, 0.15) is 0 Å². The average Bonchev–Trinajstić information content (AvgIpc) is 2.49. The fourth-order valence-electron chi connectivity index (χ4n) is 2.71. The summed E-state index contributed by atoms with van der Waals surface area (Å²) in [6.07, 6.45) is 0.231. The molecule has 0 spiro atoms. The lowest BCUT2D eigenvalue weighted by Gasteiger charge is -2.46. The number of aliphatic hydroxyl groups excluding tert-OH is 1. The lowest BCUT2D eigenvalue weighted by molar-refractivity contribution is -0.0734. The molecule has 0 amide bonds. The second-order valence-electron chi connectivity index (χ2n) is 5.39. The van der Waals surface area contributed by atoms with Crippen molar-refractivity contribution < 1.29 is 9.84 Å². The molecule has 2 unspecified atom stereocenters. The Morgan fingerprint density at radius 3 is 2.50 bits per heavy atom. The number of aliphatic hydroxyl groups is 1. The van der Waals surface area contributed by atoms with Crippen molar-refractivity contribution in [3.8, 4) is 0 Å². The molecule has 5 heteroatoms. The van der Waals surface area contributed by atoms with Crippen molar-refractivity contribution in [3.05, 3.63) is 33.8 Å². The van der Waals surface area contributed by atoms with Crippen LogP contribution >= 0.6 is 23.2 Å². The maximum atomic E-state index is 10.8. The van der Waals surface area contributed by atoms with E-state index in [0.29, 0.717) is 23.3 Å². The molecule has 112 valence electrons. The predicted molar refractivity (Wildman–Crippen MR) is 82.5 cm³/mol. The molecule has 0 aromatic heterocycles. The number of hydrogen-bond acceptors (Lipinski definition) is 3. The molecular formula is C15H21Cl2NO2. The summed E-state index contributed by atoms with van der Waals surface area (Å²) >= 11 is 12.0. The third-order valence-corrected chi connectivity index (χ3v) is 5.04. The van der Waals surface area contributed by atoms with Crippen LogP contribution in [0.1, 0.15) is 31.9 Å². The van der Waals surface area contributed by atoms with Gasteiger partial charge in [-0.15, -0.1) is 0 Å². The summed E-state index contributed by atoms with van der Waals surface area (Å²) in [6, 6.07) is 5.33.